The molecule has 33 heavy (non-hydrogen) atoms. The Kier molecular flexibility index (Phi) is 6.32. The summed E-state index contributed by atoms with van der Waals surface area (Å²) >= 11 is 6.47. The molecule has 8 nitrogen and oxygen atoms in total. The first-order valence-electron chi connectivity index (χ1n) is 10.8. The second-order valence-electron chi connectivity index (χ2n) is 8.76. The van der Waals surface area contributed by atoms with Crippen molar-refractivity contribution < 1.29 is 27.8 Å². The van der Waals surface area contributed by atoms with Crippen LogP contribution in [0.1, 0.15) is 60.3 Å². The fourth-order valence-electron chi connectivity index (χ4n) is 4.47. The summed E-state index contributed by atoms with van der Waals surface area (Å²) in [6.07, 6.45) is 2.05. The van der Waals surface area contributed by atoms with Crippen molar-refractivity contribution in [3.05, 3.63) is 44.7 Å². The molecule has 2 aliphatic rings. The molecule has 2 aromatic rings. The highest BCUT2D eigenvalue weighted by molar-refractivity contribution is 7.92. The molecule has 2 heterocycles. The highest BCUT2D eigenvalue weighted by Crippen LogP contribution is 2.51. The molecule has 0 amide bonds. The smallest absolute Gasteiger partial charge is 0.341 e. The summed E-state index contributed by atoms with van der Waals surface area (Å²) in [7, 11) is -2.34. The lowest BCUT2D eigenvalue weighted by Crippen LogP contribution is -2.33. The van der Waals surface area contributed by atoms with Crippen LogP contribution in [-0.4, -0.2) is 44.4 Å². The quantitative estimate of drug-likeness (QED) is 0.548. The summed E-state index contributed by atoms with van der Waals surface area (Å²) in [6.45, 7) is 4.32. The number of rotatable bonds is 8. The Morgan fingerprint density at radius 3 is 2.52 bits per heavy atom. The normalized spacial score (nSPS) is 18.6. The van der Waals surface area contributed by atoms with E-state index >= 15 is 0 Å². The molecule has 1 aromatic carbocycles. The van der Waals surface area contributed by atoms with Crippen molar-refractivity contribution in [2.45, 2.75) is 49.3 Å². The van der Waals surface area contributed by atoms with E-state index in [0.717, 1.165) is 12.8 Å². The maximum absolute atomic E-state index is 13.8. The van der Waals surface area contributed by atoms with Gasteiger partial charge < -0.3 is 19.1 Å². The van der Waals surface area contributed by atoms with Crippen LogP contribution in [-0.2, 0) is 14.6 Å². The van der Waals surface area contributed by atoms with Gasteiger partial charge in [0.2, 0.25) is 0 Å². The first kappa shape index (κ1) is 23.8. The zero-order valence-electron chi connectivity index (χ0n) is 18.6. The molecule has 10 heteroatoms. The number of hydrogen-bond donors (Lipinski definition) is 1. The number of nitrogens with zero attached hydrogens (tertiary/aromatic N) is 1. The second kappa shape index (κ2) is 8.77. The number of carboxylic acid groups (broad SMARTS) is 1. The fourth-order valence-corrected chi connectivity index (χ4v) is 6.92. The number of hydrogen-bond acceptors (Lipinski definition) is 6. The van der Waals surface area contributed by atoms with Crippen LogP contribution < -0.4 is 10.3 Å². The lowest BCUT2D eigenvalue weighted by Gasteiger charge is -2.33. The predicted octanol–water partition coefficient (Wildman–Crippen LogP) is 4.10. The minimum absolute atomic E-state index is 0.0386. The largest absolute Gasteiger partial charge is 0.492 e. The minimum atomic E-state index is -3.92. The molecular weight excluding hydrogens is 470 g/mol. The number of aromatic carboxylic acids is 1. The van der Waals surface area contributed by atoms with E-state index in [0.29, 0.717) is 36.5 Å². The third-order valence-corrected chi connectivity index (χ3v) is 8.71. The van der Waals surface area contributed by atoms with Crippen LogP contribution in [0.15, 0.2) is 27.9 Å². The third-order valence-electron chi connectivity index (χ3n) is 6.00. The molecule has 4 rings (SSSR count). The molecule has 1 fully saturated rings. The van der Waals surface area contributed by atoms with Crippen LogP contribution in [0.3, 0.4) is 0 Å². The van der Waals surface area contributed by atoms with E-state index in [9.17, 15) is 23.1 Å². The van der Waals surface area contributed by atoms with E-state index in [1.807, 2.05) is 0 Å². The first-order chi connectivity index (χ1) is 15.6. The third kappa shape index (κ3) is 4.06. The molecular formula is C23H26ClNO7S. The van der Waals surface area contributed by atoms with Gasteiger partial charge in [-0.2, -0.15) is 0 Å². The van der Waals surface area contributed by atoms with Gasteiger partial charge in [0.05, 0.1) is 27.5 Å². The number of fused-ring (bicyclic) bond motifs is 3. The van der Waals surface area contributed by atoms with Gasteiger partial charge in [0.1, 0.15) is 11.3 Å². The molecule has 1 aromatic heterocycles. The van der Waals surface area contributed by atoms with Crippen molar-refractivity contribution in [1.82, 2.24) is 4.57 Å². The van der Waals surface area contributed by atoms with E-state index in [2.05, 4.69) is 0 Å². The number of halogens is 1. The van der Waals surface area contributed by atoms with Gasteiger partial charge in [0.25, 0.3) is 5.56 Å². The number of pyridine rings is 1. The SMILES string of the molecule is COCCCOc1cc2c(cc1Cl)-c1c(cc(C(=O)O)c(=O)n1C1CC1)C(C(C)C)S2(=O)=O. The van der Waals surface area contributed by atoms with Crippen LogP contribution in [0, 0.1) is 5.92 Å². The topological polar surface area (TPSA) is 112 Å². The van der Waals surface area contributed by atoms with Gasteiger partial charge in [-0.1, -0.05) is 25.4 Å². The Balaban J connectivity index is 2.00. The molecule has 1 aliphatic heterocycles. The Labute approximate surface area is 197 Å². The number of sulfone groups is 1. The number of benzene rings is 1. The number of methoxy groups -OCH3 is 1. The van der Waals surface area contributed by atoms with Crippen LogP contribution in [0.4, 0.5) is 0 Å². The molecule has 1 N–H and O–H groups in total. The summed E-state index contributed by atoms with van der Waals surface area (Å²) in [5.41, 5.74) is 0.00818. The number of aromatic nitrogens is 1. The lowest BCUT2D eigenvalue weighted by molar-refractivity contribution is 0.0694. The number of carbonyl (C=O) groups is 1. The van der Waals surface area contributed by atoms with E-state index in [1.165, 1.54) is 22.8 Å². The molecule has 1 aliphatic carbocycles. The van der Waals surface area contributed by atoms with E-state index in [1.54, 1.807) is 21.0 Å². The molecule has 0 spiro atoms. The van der Waals surface area contributed by atoms with E-state index in [4.69, 9.17) is 21.1 Å². The molecule has 1 unspecified atom stereocenters. The summed E-state index contributed by atoms with van der Waals surface area (Å²) in [4.78, 5) is 25.0. The monoisotopic (exact) mass is 495 g/mol. The molecule has 178 valence electrons. The Bertz CT molecular complexity index is 1280. The Morgan fingerprint density at radius 2 is 1.94 bits per heavy atom. The summed E-state index contributed by atoms with van der Waals surface area (Å²) in [5, 5.41) is 8.84. The Morgan fingerprint density at radius 1 is 1.24 bits per heavy atom. The van der Waals surface area contributed by atoms with Gasteiger partial charge in [-0.05, 0) is 36.5 Å². The van der Waals surface area contributed by atoms with Crippen LogP contribution in [0.25, 0.3) is 11.3 Å². The van der Waals surface area contributed by atoms with Crippen LogP contribution >= 0.6 is 11.6 Å². The van der Waals surface area contributed by atoms with Crippen LogP contribution in [0.2, 0.25) is 5.02 Å². The van der Waals surface area contributed by atoms with Gasteiger partial charge in [-0.25, -0.2) is 13.2 Å². The van der Waals surface area contributed by atoms with Gasteiger partial charge in [0.15, 0.2) is 9.84 Å². The van der Waals surface area contributed by atoms with Crippen molar-refractivity contribution in [2.24, 2.45) is 5.92 Å². The highest BCUT2D eigenvalue weighted by atomic mass is 35.5. The second-order valence-corrected chi connectivity index (χ2v) is 11.2. The van der Waals surface area contributed by atoms with Crippen molar-refractivity contribution in [3.8, 4) is 17.0 Å². The van der Waals surface area contributed by atoms with Crippen molar-refractivity contribution in [1.29, 1.82) is 0 Å². The number of ether oxygens (including phenoxy) is 2. The zero-order chi connectivity index (χ0) is 24.1. The van der Waals surface area contributed by atoms with E-state index < -0.39 is 32.2 Å². The fraction of sp³-hybridized carbons (Fsp3) is 0.478. The molecule has 1 atom stereocenters. The highest BCUT2D eigenvalue weighted by Gasteiger charge is 2.44. The average molecular weight is 496 g/mol. The van der Waals surface area contributed by atoms with Crippen LogP contribution in [0.5, 0.6) is 5.75 Å². The zero-order valence-corrected chi connectivity index (χ0v) is 20.2. The van der Waals surface area contributed by atoms with Crippen molar-refractivity contribution >= 4 is 27.4 Å². The molecule has 1 saturated carbocycles. The van der Waals surface area contributed by atoms with Gasteiger partial charge in [-0.15, -0.1) is 0 Å². The summed E-state index contributed by atoms with van der Waals surface area (Å²) < 4.78 is 39.7. The number of carboxylic acids is 1. The first-order valence-corrected chi connectivity index (χ1v) is 12.7. The molecule has 0 radical (unpaired) electrons. The van der Waals surface area contributed by atoms with Crippen molar-refractivity contribution in [2.75, 3.05) is 20.3 Å². The molecule has 0 bridgehead atoms. The van der Waals surface area contributed by atoms with Crippen molar-refractivity contribution in [3.63, 3.8) is 0 Å². The van der Waals surface area contributed by atoms with E-state index in [-0.39, 0.29) is 27.6 Å². The average Bonchev–Trinajstić information content (AvgIpc) is 3.56. The summed E-state index contributed by atoms with van der Waals surface area (Å²) in [5.74, 6) is -1.50. The van der Waals surface area contributed by atoms with Gasteiger partial charge in [-0.3, -0.25) is 4.79 Å². The van der Waals surface area contributed by atoms with Gasteiger partial charge in [0, 0.05) is 37.8 Å². The summed E-state index contributed by atoms with van der Waals surface area (Å²) in [6, 6.07) is 3.99. The maximum Gasteiger partial charge on any atom is 0.341 e. The molecule has 0 saturated heterocycles. The predicted molar refractivity (Wildman–Crippen MR) is 123 cm³/mol. The standard InChI is InChI=1S/C23H26ClNO7S/c1-12(2)21-15-9-16(23(27)28)22(26)25(13-5-6-13)20(15)14-10-17(24)18(32-8-4-7-31-3)11-19(14)33(21,29)30/h9-13,21H,4-8H2,1-3H3,(H,27,28). The lowest BCUT2D eigenvalue weighted by atomic mass is 9.94. The minimum Gasteiger partial charge on any atom is -0.492 e. The Hall–Kier alpha value is -2.36. The van der Waals surface area contributed by atoms with Gasteiger partial charge >= 0.3 is 5.97 Å². The maximum atomic E-state index is 13.8.